The Balaban J connectivity index is 2.20. The van der Waals surface area contributed by atoms with E-state index in [1.165, 1.54) is 18.2 Å². The van der Waals surface area contributed by atoms with Crippen molar-refractivity contribution in [2.24, 2.45) is 0 Å². The SMILES string of the molecule is CCCNc1ncc(F)c(Nc2ccc(F)c(Cl)c2)n1. The number of hydrogen-bond acceptors (Lipinski definition) is 4. The van der Waals surface area contributed by atoms with Crippen LogP contribution in [-0.4, -0.2) is 16.5 Å². The minimum absolute atomic E-state index is 0.00118. The van der Waals surface area contributed by atoms with Gasteiger partial charge in [0, 0.05) is 12.2 Å². The molecule has 0 bridgehead atoms. The lowest BCUT2D eigenvalue weighted by Crippen LogP contribution is -2.07. The van der Waals surface area contributed by atoms with Crippen molar-refractivity contribution in [1.82, 2.24) is 9.97 Å². The zero-order valence-electron chi connectivity index (χ0n) is 10.8. The molecule has 0 aliphatic carbocycles. The van der Waals surface area contributed by atoms with Crippen molar-refractivity contribution in [2.45, 2.75) is 13.3 Å². The summed E-state index contributed by atoms with van der Waals surface area (Å²) in [7, 11) is 0. The lowest BCUT2D eigenvalue weighted by Gasteiger charge is -2.09. The standard InChI is InChI=1S/C13H13ClF2N4/c1-2-5-17-13-18-7-11(16)12(20-13)19-8-3-4-10(15)9(14)6-8/h3-4,6-7H,2,5H2,1H3,(H2,17,18,19,20). The molecule has 2 N–H and O–H groups in total. The monoisotopic (exact) mass is 298 g/mol. The molecule has 4 nitrogen and oxygen atoms in total. The summed E-state index contributed by atoms with van der Waals surface area (Å²) in [6, 6.07) is 4.00. The van der Waals surface area contributed by atoms with Crippen LogP contribution in [-0.2, 0) is 0 Å². The van der Waals surface area contributed by atoms with Gasteiger partial charge in [-0.1, -0.05) is 18.5 Å². The van der Waals surface area contributed by atoms with Gasteiger partial charge in [0.05, 0.1) is 11.2 Å². The van der Waals surface area contributed by atoms with Crippen LogP contribution < -0.4 is 10.6 Å². The summed E-state index contributed by atoms with van der Waals surface area (Å²) in [4.78, 5) is 7.84. The molecule has 106 valence electrons. The first-order valence-electron chi connectivity index (χ1n) is 6.08. The molecule has 0 saturated carbocycles. The molecule has 0 radical (unpaired) electrons. The number of rotatable bonds is 5. The van der Waals surface area contributed by atoms with Crippen molar-refractivity contribution in [1.29, 1.82) is 0 Å². The van der Waals surface area contributed by atoms with E-state index in [1.807, 2.05) is 6.92 Å². The van der Waals surface area contributed by atoms with Crippen LogP contribution in [0.15, 0.2) is 24.4 Å². The van der Waals surface area contributed by atoms with E-state index < -0.39 is 11.6 Å². The van der Waals surface area contributed by atoms with Gasteiger partial charge in [0.1, 0.15) is 5.82 Å². The Morgan fingerprint density at radius 3 is 2.75 bits per heavy atom. The number of hydrogen-bond donors (Lipinski definition) is 2. The van der Waals surface area contributed by atoms with Crippen LogP contribution in [0.2, 0.25) is 5.02 Å². The molecule has 2 aromatic rings. The molecule has 1 heterocycles. The molecule has 0 atom stereocenters. The number of nitrogens with one attached hydrogen (secondary N) is 2. The molecular formula is C13H13ClF2N4. The fourth-order valence-corrected chi connectivity index (χ4v) is 1.67. The second-order valence-corrected chi connectivity index (χ2v) is 4.48. The van der Waals surface area contributed by atoms with Gasteiger partial charge in [-0.3, -0.25) is 0 Å². The van der Waals surface area contributed by atoms with Gasteiger partial charge >= 0.3 is 0 Å². The third-order valence-corrected chi connectivity index (χ3v) is 2.75. The van der Waals surface area contributed by atoms with Crippen LogP contribution in [0.1, 0.15) is 13.3 Å². The Hall–Kier alpha value is -1.95. The topological polar surface area (TPSA) is 49.8 Å². The van der Waals surface area contributed by atoms with E-state index in [-0.39, 0.29) is 10.8 Å². The van der Waals surface area contributed by atoms with Crippen LogP contribution in [0.4, 0.5) is 26.2 Å². The number of aromatic nitrogens is 2. The summed E-state index contributed by atoms with van der Waals surface area (Å²) in [5, 5.41) is 5.65. The maximum atomic E-state index is 13.6. The molecule has 0 aliphatic heterocycles. The number of anilines is 3. The average molecular weight is 299 g/mol. The predicted molar refractivity (Wildman–Crippen MR) is 75.5 cm³/mol. The van der Waals surface area contributed by atoms with E-state index in [4.69, 9.17) is 11.6 Å². The molecule has 0 saturated heterocycles. The van der Waals surface area contributed by atoms with E-state index in [0.717, 1.165) is 12.6 Å². The van der Waals surface area contributed by atoms with Crippen molar-refractivity contribution < 1.29 is 8.78 Å². The fourth-order valence-electron chi connectivity index (χ4n) is 1.49. The predicted octanol–water partition coefficient (Wildman–Crippen LogP) is 3.97. The Morgan fingerprint density at radius 1 is 1.25 bits per heavy atom. The summed E-state index contributed by atoms with van der Waals surface area (Å²) in [5.74, 6) is -0.816. The van der Waals surface area contributed by atoms with E-state index in [9.17, 15) is 8.78 Å². The Labute approximate surface area is 120 Å². The zero-order valence-corrected chi connectivity index (χ0v) is 11.5. The van der Waals surface area contributed by atoms with Crippen molar-refractivity contribution in [3.8, 4) is 0 Å². The van der Waals surface area contributed by atoms with Crippen LogP contribution in [0.3, 0.4) is 0 Å². The second-order valence-electron chi connectivity index (χ2n) is 4.07. The molecule has 0 fully saturated rings. The van der Waals surface area contributed by atoms with Gasteiger partial charge in [-0.05, 0) is 24.6 Å². The third-order valence-electron chi connectivity index (χ3n) is 2.46. The van der Waals surface area contributed by atoms with Crippen molar-refractivity contribution in [3.05, 3.63) is 41.1 Å². The van der Waals surface area contributed by atoms with Gasteiger partial charge in [0.2, 0.25) is 5.95 Å². The molecule has 2 rings (SSSR count). The van der Waals surface area contributed by atoms with Crippen LogP contribution in [0.25, 0.3) is 0 Å². The van der Waals surface area contributed by atoms with E-state index in [2.05, 4.69) is 20.6 Å². The van der Waals surface area contributed by atoms with Gasteiger partial charge in [-0.2, -0.15) is 4.98 Å². The highest BCUT2D eigenvalue weighted by atomic mass is 35.5. The molecule has 1 aromatic carbocycles. The van der Waals surface area contributed by atoms with E-state index in [0.29, 0.717) is 18.2 Å². The minimum Gasteiger partial charge on any atom is -0.354 e. The molecule has 0 unspecified atom stereocenters. The average Bonchev–Trinajstić information content (AvgIpc) is 2.44. The lowest BCUT2D eigenvalue weighted by atomic mass is 10.3. The van der Waals surface area contributed by atoms with Gasteiger partial charge < -0.3 is 10.6 Å². The second kappa shape index (κ2) is 6.47. The molecule has 0 aliphatic rings. The Kier molecular flexibility index (Phi) is 4.68. The first-order chi connectivity index (χ1) is 9.60. The minimum atomic E-state index is -0.604. The Bertz CT molecular complexity index is 607. The number of benzene rings is 1. The summed E-state index contributed by atoms with van der Waals surface area (Å²) in [6.07, 6.45) is 1.97. The zero-order chi connectivity index (χ0) is 14.5. The molecule has 1 aromatic heterocycles. The molecule has 20 heavy (non-hydrogen) atoms. The maximum Gasteiger partial charge on any atom is 0.224 e. The van der Waals surface area contributed by atoms with E-state index >= 15 is 0 Å². The van der Waals surface area contributed by atoms with Gasteiger partial charge in [-0.15, -0.1) is 0 Å². The van der Waals surface area contributed by atoms with E-state index in [1.54, 1.807) is 0 Å². The van der Waals surface area contributed by atoms with Gasteiger partial charge in [0.25, 0.3) is 0 Å². The lowest BCUT2D eigenvalue weighted by molar-refractivity contribution is 0.619. The van der Waals surface area contributed by atoms with Crippen molar-refractivity contribution in [3.63, 3.8) is 0 Å². The highest BCUT2D eigenvalue weighted by Crippen LogP contribution is 2.23. The number of halogens is 3. The molecule has 7 heteroatoms. The highest BCUT2D eigenvalue weighted by Gasteiger charge is 2.08. The fraction of sp³-hybridized carbons (Fsp3) is 0.231. The Morgan fingerprint density at radius 2 is 2.05 bits per heavy atom. The van der Waals surface area contributed by atoms with Crippen LogP contribution in [0, 0.1) is 11.6 Å². The van der Waals surface area contributed by atoms with Gasteiger partial charge in [0.15, 0.2) is 11.6 Å². The van der Waals surface area contributed by atoms with Gasteiger partial charge in [-0.25, -0.2) is 13.8 Å². The maximum absolute atomic E-state index is 13.6. The van der Waals surface area contributed by atoms with Crippen molar-refractivity contribution >= 4 is 29.1 Å². The summed E-state index contributed by atoms with van der Waals surface area (Å²) >= 11 is 5.67. The molecule has 0 amide bonds. The highest BCUT2D eigenvalue weighted by molar-refractivity contribution is 6.31. The smallest absolute Gasteiger partial charge is 0.224 e. The normalized spacial score (nSPS) is 10.4. The van der Waals surface area contributed by atoms with Crippen molar-refractivity contribution in [2.75, 3.05) is 17.2 Å². The first kappa shape index (κ1) is 14.5. The third kappa shape index (κ3) is 3.54. The first-order valence-corrected chi connectivity index (χ1v) is 6.46. The molecule has 0 spiro atoms. The molecular weight excluding hydrogens is 286 g/mol. The summed E-state index contributed by atoms with van der Waals surface area (Å²) in [6.45, 7) is 2.68. The summed E-state index contributed by atoms with van der Waals surface area (Å²) < 4.78 is 26.7. The summed E-state index contributed by atoms with van der Waals surface area (Å²) in [5.41, 5.74) is 0.440. The number of nitrogens with zero attached hydrogens (tertiary/aromatic N) is 2. The largest absolute Gasteiger partial charge is 0.354 e. The van der Waals surface area contributed by atoms with Crippen LogP contribution in [0.5, 0.6) is 0 Å². The van der Waals surface area contributed by atoms with Crippen LogP contribution >= 0.6 is 11.6 Å². The quantitative estimate of drug-likeness (QED) is 0.877.